The van der Waals surface area contributed by atoms with E-state index in [2.05, 4.69) is 20.2 Å². The van der Waals surface area contributed by atoms with Crippen LogP contribution in [0.15, 0.2) is 30.5 Å². The average molecular weight is 356 g/mol. The highest BCUT2D eigenvalue weighted by Gasteiger charge is 2.27. The van der Waals surface area contributed by atoms with Gasteiger partial charge in [0.05, 0.1) is 24.9 Å². The van der Waals surface area contributed by atoms with Crippen molar-refractivity contribution in [3.05, 3.63) is 36.3 Å². The summed E-state index contributed by atoms with van der Waals surface area (Å²) < 4.78 is 7.34. The predicted molar refractivity (Wildman–Crippen MR) is 97.7 cm³/mol. The highest BCUT2D eigenvalue weighted by atomic mass is 16.5. The summed E-state index contributed by atoms with van der Waals surface area (Å²) in [5.41, 5.74) is 2.06. The lowest BCUT2D eigenvalue weighted by Crippen LogP contribution is -2.39. The maximum absolute atomic E-state index is 12.4. The number of carbonyl (C=O) groups excluding carboxylic acids is 2. The normalized spacial score (nSPS) is 15.8. The van der Waals surface area contributed by atoms with Gasteiger partial charge in [-0.15, -0.1) is 0 Å². The van der Waals surface area contributed by atoms with Crippen LogP contribution in [0.1, 0.15) is 19.2 Å². The molecule has 1 aliphatic rings. The predicted octanol–water partition coefficient (Wildman–Crippen LogP) is 1.37. The van der Waals surface area contributed by atoms with Crippen LogP contribution in [0.4, 0.5) is 0 Å². The van der Waals surface area contributed by atoms with Crippen LogP contribution in [0, 0.1) is 5.92 Å². The average Bonchev–Trinajstić information content (AvgIpc) is 3.08. The first kappa shape index (κ1) is 18.0. The van der Waals surface area contributed by atoms with Crippen LogP contribution in [0.2, 0.25) is 0 Å². The Morgan fingerprint density at radius 2 is 1.96 bits per heavy atom. The van der Waals surface area contributed by atoms with E-state index >= 15 is 0 Å². The van der Waals surface area contributed by atoms with Gasteiger partial charge in [0.15, 0.2) is 0 Å². The standard InChI is InChI=1S/C19H24N4O3/c1-13(24)20-9-10-21-19(25)15-5-8-18-22-11-17(23(18)12-15)14-3-6-16(26-2)7-4-14/h3-4,6-7,11,15H,5,8-10,12H2,1-2H3,(H,20,24)(H,21,25). The number of carbonyl (C=O) groups is 2. The van der Waals surface area contributed by atoms with Crippen LogP contribution >= 0.6 is 0 Å². The lowest BCUT2D eigenvalue weighted by atomic mass is 9.98. The number of amides is 2. The van der Waals surface area contributed by atoms with Crippen LogP contribution in [-0.2, 0) is 22.6 Å². The highest BCUT2D eigenvalue weighted by Crippen LogP contribution is 2.28. The smallest absolute Gasteiger partial charge is 0.224 e. The zero-order valence-corrected chi connectivity index (χ0v) is 15.1. The fourth-order valence-electron chi connectivity index (χ4n) is 3.21. The van der Waals surface area contributed by atoms with E-state index in [4.69, 9.17) is 4.74 Å². The number of aryl methyl sites for hydroxylation is 1. The summed E-state index contributed by atoms with van der Waals surface area (Å²) in [7, 11) is 1.64. The molecule has 0 aliphatic carbocycles. The molecule has 2 heterocycles. The second kappa shape index (κ2) is 8.03. The maximum atomic E-state index is 12.4. The molecule has 138 valence electrons. The third-order valence-electron chi connectivity index (χ3n) is 4.61. The highest BCUT2D eigenvalue weighted by molar-refractivity contribution is 5.79. The molecule has 1 aliphatic heterocycles. The van der Waals surface area contributed by atoms with Gasteiger partial charge in [-0.1, -0.05) is 0 Å². The van der Waals surface area contributed by atoms with E-state index in [9.17, 15) is 9.59 Å². The molecule has 2 amide bonds. The fraction of sp³-hybridized carbons (Fsp3) is 0.421. The first-order chi connectivity index (χ1) is 12.6. The Hall–Kier alpha value is -2.83. The minimum atomic E-state index is -0.0934. The number of benzene rings is 1. The van der Waals surface area contributed by atoms with Crippen molar-refractivity contribution in [1.29, 1.82) is 0 Å². The van der Waals surface area contributed by atoms with Gasteiger partial charge in [-0.05, 0) is 30.7 Å². The Bertz CT molecular complexity index is 783. The molecule has 1 aromatic heterocycles. The molecule has 0 saturated carbocycles. The molecule has 0 radical (unpaired) electrons. The van der Waals surface area contributed by atoms with Crippen molar-refractivity contribution in [3.63, 3.8) is 0 Å². The number of hydrogen-bond donors (Lipinski definition) is 2. The van der Waals surface area contributed by atoms with Crippen molar-refractivity contribution in [2.24, 2.45) is 5.92 Å². The summed E-state index contributed by atoms with van der Waals surface area (Å²) in [5.74, 6) is 1.66. The molecule has 0 fully saturated rings. The second-order valence-corrected chi connectivity index (χ2v) is 6.41. The monoisotopic (exact) mass is 356 g/mol. The summed E-state index contributed by atoms with van der Waals surface area (Å²) in [6.07, 6.45) is 3.43. The number of ether oxygens (including phenoxy) is 1. The summed E-state index contributed by atoms with van der Waals surface area (Å²) >= 11 is 0. The van der Waals surface area contributed by atoms with Gasteiger partial charge in [0.1, 0.15) is 11.6 Å². The number of rotatable bonds is 6. The van der Waals surface area contributed by atoms with Crippen molar-refractivity contribution < 1.29 is 14.3 Å². The summed E-state index contributed by atoms with van der Waals surface area (Å²) in [5, 5.41) is 5.58. The zero-order chi connectivity index (χ0) is 18.5. The molecule has 1 unspecified atom stereocenters. The lowest BCUT2D eigenvalue weighted by Gasteiger charge is -2.24. The van der Waals surface area contributed by atoms with Gasteiger partial charge in [-0.3, -0.25) is 9.59 Å². The van der Waals surface area contributed by atoms with Gasteiger partial charge < -0.3 is 19.9 Å². The summed E-state index contributed by atoms with van der Waals surface area (Å²) in [4.78, 5) is 27.8. The Morgan fingerprint density at radius 3 is 2.65 bits per heavy atom. The Morgan fingerprint density at radius 1 is 1.23 bits per heavy atom. The van der Waals surface area contributed by atoms with E-state index in [1.54, 1.807) is 7.11 Å². The van der Waals surface area contributed by atoms with Gasteiger partial charge in [0.25, 0.3) is 0 Å². The van der Waals surface area contributed by atoms with Crippen LogP contribution in [0.5, 0.6) is 5.75 Å². The third kappa shape index (κ3) is 4.04. The second-order valence-electron chi connectivity index (χ2n) is 6.41. The Kier molecular flexibility index (Phi) is 5.55. The van der Waals surface area contributed by atoms with Crippen LogP contribution < -0.4 is 15.4 Å². The molecule has 0 saturated heterocycles. The molecule has 0 spiro atoms. The number of nitrogens with one attached hydrogen (secondary N) is 2. The number of nitrogens with zero attached hydrogens (tertiary/aromatic N) is 2. The summed E-state index contributed by atoms with van der Waals surface area (Å²) in [6.45, 7) is 2.96. The largest absolute Gasteiger partial charge is 0.497 e. The van der Waals surface area contributed by atoms with Gasteiger partial charge in [-0.2, -0.15) is 0 Å². The van der Waals surface area contributed by atoms with E-state index < -0.39 is 0 Å². The van der Waals surface area contributed by atoms with E-state index in [1.807, 2.05) is 30.5 Å². The van der Waals surface area contributed by atoms with Gasteiger partial charge >= 0.3 is 0 Å². The number of aromatic nitrogens is 2. The molecule has 2 N–H and O–H groups in total. The van der Waals surface area contributed by atoms with Gasteiger partial charge in [-0.25, -0.2) is 4.98 Å². The van der Waals surface area contributed by atoms with Crippen molar-refractivity contribution in [2.75, 3.05) is 20.2 Å². The maximum Gasteiger partial charge on any atom is 0.224 e. The van der Waals surface area contributed by atoms with Crippen molar-refractivity contribution in [3.8, 4) is 17.0 Å². The number of hydrogen-bond acceptors (Lipinski definition) is 4. The van der Waals surface area contributed by atoms with Crippen LogP contribution in [0.3, 0.4) is 0 Å². The SMILES string of the molecule is COc1ccc(-c2cnc3n2CC(C(=O)NCCNC(C)=O)CC3)cc1. The molecule has 1 atom stereocenters. The summed E-state index contributed by atoms with van der Waals surface area (Å²) in [6, 6.07) is 7.84. The number of fused-ring (bicyclic) bond motifs is 1. The van der Waals surface area contributed by atoms with Crippen LogP contribution in [0.25, 0.3) is 11.3 Å². The molecular formula is C19H24N4O3. The molecule has 3 rings (SSSR count). The molecule has 2 aromatic rings. The van der Waals surface area contributed by atoms with Gasteiger partial charge in [0.2, 0.25) is 11.8 Å². The van der Waals surface area contributed by atoms with E-state index in [-0.39, 0.29) is 17.7 Å². The first-order valence-electron chi connectivity index (χ1n) is 8.79. The number of imidazole rings is 1. The molecule has 1 aromatic carbocycles. The topological polar surface area (TPSA) is 85.2 Å². The zero-order valence-electron chi connectivity index (χ0n) is 15.1. The molecule has 7 nitrogen and oxygen atoms in total. The third-order valence-corrected chi connectivity index (χ3v) is 4.61. The fourth-order valence-corrected chi connectivity index (χ4v) is 3.21. The molecule has 7 heteroatoms. The van der Waals surface area contributed by atoms with Crippen molar-refractivity contribution in [1.82, 2.24) is 20.2 Å². The Labute approximate surface area is 152 Å². The number of methoxy groups -OCH3 is 1. The molecule has 0 bridgehead atoms. The quantitative estimate of drug-likeness (QED) is 0.766. The minimum absolute atomic E-state index is 0.0235. The van der Waals surface area contributed by atoms with Crippen LogP contribution in [-0.4, -0.2) is 41.6 Å². The van der Waals surface area contributed by atoms with Crippen molar-refractivity contribution >= 4 is 11.8 Å². The molecular weight excluding hydrogens is 332 g/mol. The molecule has 26 heavy (non-hydrogen) atoms. The Balaban J connectivity index is 1.66. The van der Waals surface area contributed by atoms with E-state index in [0.29, 0.717) is 19.6 Å². The van der Waals surface area contributed by atoms with Crippen molar-refractivity contribution in [2.45, 2.75) is 26.3 Å². The van der Waals surface area contributed by atoms with Gasteiger partial charge in [0, 0.05) is 38.5 Å². The van der Waals surface area contributed by atoms with E-state index in [1.165, 1.54) is 6.92 Å². The minimum Gasteiger partial charge on any atom is -0.497 e. The van der Waals surface area contributed by atoms with E-state index in [0.717, 1.165) is 35.7 Å². The lowest BCUT2D eigenvalue weighted by molar-refractivity contribution is -0.126. The first-order valence-corrected chi connectivity index (χ1v) is 8.79.